The topological polar surface area (TPSA) is 59.8 Å². The molecule has 0 aliphatic carbocycles. The van der Waals surface area contributed by atoms with E-state index in [0.717, 1.165) is 16.5 Å². The van der Waals surface area contributed by atoms with E-state index >= 15 is 0 Å². The highest BCUT2D eigenvalue weighted by Crippen LogP contribution is 2.18. The molecule has 0 saturated carbocycles. The average Bonchev–Trinajstić information content (AvgIpc) is 3.00. The van der Waals surface area contributed by atoms with Crippen LogP contribution in [-0.2, 0) is 17.9 Å². The molecule has 0 unspecified atom stereocenters. The van der Waals surface area contributed by atoms with Crippen LogP contribution in [0.3, 0.4) is 0 Å². The van der Waals surface area contributed by atoms with Crippen LogP contribution in [-0.4, -0.2) is 26.4 Å². The first-order valence-electron chi connectivity index (χ1n) is 8.51. The third kappa shape index (κ3) is 4.73. The molecule has 1 amide bonds. The Morgan fingerprint density at radius 1 is 1.04 bits per heavy atom. The van der Waals surface area contributed by atoms with Gasteiger partial charge in [0.05, 0.1) is 12.3 Å². The average molecular weight is 366 g/mol. The molecule has 1 heterocycles. The van der Waals surface area contributed by atoms with Gasteiger partial charge in [-0.3, -0.25) is 4.79 Å². The van der Waals surface area contributed by atoms with E-state index in [9.17, 15) is 4.79 Å². The number of hydrogen-bond acceptors (Lipinski definition) is 4. The number of thioether (sulfide) groups is 1. The van der Waals surface area contributed by atoms with Crippen molar-refractivity contribution in [3.63, 3.8) is 0 Å². The Bertz CT molecular complexity index is 877. The van der Waals surface area contributed by atoms with E-state index in [0.29, 0.717) is 18.8 Å². The van der Waals surface area contributed by atoms with E-state index in [1.54, 1.807) is 0 Å². The van der Waals surface area contributed by atoms with E-state index in [-0.39, 0.29) is 5.91 Å². The maximum absolute atomic E-state index is 12.2. The van der Waals surface area contributed by atoms with Crippen LogP contribution in [0.4, 0.5) is 0 Å². The third-order valence-electron chi connectivity index (χ3n) is 4.15. The molecule has 6 heteroatoms. The molecule has 1 aromatic heterocycles. The van der Waals surface area contributed by atoms with Gasteiger partial charge in [-0.2, -0.15) is 0 Å². The van der Waals surface area contributed by atoms with Gasteiger partial charge in [0, 0.05) is 6.54 Å². The SMILES string of the molecule is Cc1ccccc1CNC(=O)CSc1nnc(C)n1Cc1ccccc1. The minimum absolute atomic E-state index is 0.00910. The predicted octanol–water partition coefficient (Wildman–Crippen LogP) is 3.35. The molecular weight excluding hydrogens is 344 g/mol. The Morgan fingerprint density at radius 3 is 2.54 bits per heavy atom. The van der Waals surface area contributed by atoms with Gasteiger partial charge in [0.2, 0.25) is 5.91 Å². The predicted molar refractivity (Wildman–Crippen MR) is 104 cm³/mol. The van der Waals surface area contributed by atoms with Crippen molar-refractivity contribution < 1.29 is 4.79 Å². The summed E-state index contributed by atoms with van der Waals surface area (Å²) >= 11 is 1.41. The lowest BCUT2D eigenvalue weighted by Crippen LogP contribution is -2.25. The van der Waals surface area contributed by atoms with E-state index < -0.39 is 0 Å². The zero-order valence-electron chi connectivity index (χ0n) is 15.0. The third-order valence-corrected chi connectivity index (χ3v) is 5.12. The molecule has 1 N–H and O–H groups in total. The Morgan fingerprint density at radius 2 is 1.77 bits per heavy atom. The van der Waals surface area contributed by atoms with Gasteiger partial charge < -0.3 is 9.88 Å². The summed E-state index contributed by atoms with van der Waals surface area (Å²) in [4.78, 5) is 12.2. The van der Waals surface area contributed by atoms with Gasteiger partial charge in [0.1, 0.15) is 5.82 Å². The Balaban J connectivity index is 1.56. The summed E-state index contributed by atoms with van der Waals surface area (Å²) in [5.74, 6) is 1.15. The molecule has 0 saturated heterocycles. The van der Waals surface area contributed by atoms with Crippen molar-refractivity contribution in [2.45, 2.75) is 32.1 Å². The number of carbonyl (C=O) groups is 1. The molecule has 3 rings (SSSR count). The molecule has 0 fully saturated rings. The first kappa shape index (κ1) is 18.2. The number of aromatic nitrogens is 3. The number of nitrogens with zero attached hydrogens (tertiary/aromatic N) is 3. The molecule has 0 radical (unpaired) electrons. The zero-order valence-corrected chi connectivity index (χ0v) is 15.8. The van der Waals surface area contributed by atoms with Crippen molar-refractivity contribution >= 4 is 17.7 Å². The maximum atomic E-state index is 12.2. The summed E-state index contributed by atoms with van der Waals surface area (Å²) < 4.78 is 2.04. The van der Waals surface area contributed by atoms with Crippen molar-refractivity contribution in [2.24, 2.45) is 0 Å². The van der Waals surface area contributed by atoms with Crippen molar-refractivity contribution in [1.29, 1.82) is 0 Å². The van der Waals surface area contributed by atoms with Crippen LogP contribution in [0, 0.1) is 13.8 Å². The van der Waals surface area contributed by atoms with Crippen molar-refractivity contribution in [3.8, 4) is 0 Å². The van der Waals surface area contributed by atoms with Gasteiger partial charge in [-0.15, -0.1) is 10.2 Å². The fourth-order valence-corrected chi connectivity index (χ4v) is 3.41. The van der Waals surface area contributed by atoms with Gasteiger partial charge >= 0.3 is 0 Å². The fourth-order valence-electron chi connectivity index (χ4n) is 2.60. The summed E-state index contributed by atoms with van der Waals surface area (Å²) in [5, 5.41) is 12.1. The number of hydrogen-bond donors (Lipinski definition) is 1. The number of nitrogens with one attached hydrogen (secondary N) is 1. The van der Waals surface area contributed by atoms with Crippen LogP contribution < -0.4 is 5.32 Å². The number of benzene rings is 2. The van der Waals surface area contributed by atoms with Gasteiger partial charge in [-0.05, 0) is 30.5 Å². The minimum Gasteiger partial charge on any atom is -0.351 e. The summed E-state index contributed by atoms with van der Waals surface area (Å²) in [6, 6.07) is 18.2. The van der Waals surface area contributed by atoms with E-state index in [4.69, 9.17) is 0 Å². The Hall–Kier alpha value is -2.60. The van der Waals surface area contributed by atoms with Gasteiger partial charge in [0.25, 0.3) is 0 Å². The first-order valence-corrected chi connectivity index (χ1v) is 9.50. The second-order valence-corrected chi connectivity index (χ2v) is 7.04. The zero-order chi connectivity index (χ0) is 18.4. The molecule has 2 aromatic carbocycles. The highest BCUT2D eigenvalue weighted by Gasteiger charge is 2.12. The molecule has 0 spiro atoms. The largest absolute Gasteiger partial charge is 0.351 e. The lowest BCUT2D eigenvalue weighted by atomic mass is 10.1. The van der Waals surface area contributed by atoms with Crippen molar-refractivity contribution in [2.75, 3.05) is 5.75 Å². The summed E-state index contributed by atoms with van der Waals surface area (Å²) in [6.07, 6.45) is 0. The standard InChI is InChI=1S/C20H22N4OS/c1-15-8-6-7-11-18(15)12-21-19(25)14-26-20-23-22-16(2)24(20)13-17-9-4-3-5-10-17/h3-11H,12-14H2,1-2H3,(H,21,25). The number of rotatable bonds is 7. The highest BCUT2D eigenvalue weighted by molar-refractivity contribution is 7.99. The van der Waals surface area contributed by atoms with Gasteiger partial charge in [-0.1, -0.05) is 66.4 Å². The first-order chi connectivity index (χ1) is 12.6. The molecule has 0 atom stereocenters. The van der Waals surface area contributed by atoms with Crippen LogP contribution in [0.2, 0.25) is 0 Å². The summed E-state index contributed by atoms with van der Waals surface area (Å²) in [7, 11) is 0. The monoisotopic (exact) mass is 366 g/mol. The quantitative estimate of drug-likeness (QED) is 0.652. The van der Waals surface area contributed by atoms with Crippen LogP contribution >= 0.6 is 11.8 Å². The molecule has 0 aliphatic rings. The lowest BCUT2D eigenvalue weighted by molar-refractivity contribution is -0.118. The lowest BCUT2D eigenvalue weighted by Gasteiger charge is -2.09. The van der Waals surface area contributed by atoms with E-state index in [1.807, 2.05) is 60.9 Å². The molecule has 5 nitrogen and oxygen atoms in total. The molecule has 0 aliphatic heterocycles. The van der Waals surface area contributed by atoms with Crippen molar-refractivity contribution in [1.82, 2.24) is 20.1 Å². The molecule has 134 valence electrons. The molecule has 0 bridgehead atoms. The second-order valence-electron chi connectivity index (χ2n) is 6.09. The fraction of sp³-hybridized carbons (Fsp3) is 0.250. The summed E-state index contributed by atoms with van der Waals surface area (Å²) in [5.41, 5.74) is 3.49. The Labute approximate surface area is 157 Å². The maximum Gasteiger partial charge on any atom is 0.230 e. The van der Waals surface area contributed by atoms with Crippen LogP contribution in [0.15, 0.2) is 59.8 Å². The van der Waals surface area contributed by atoms with E-state index in [1.165, 1.54) is 22.9 Å². The normalized spacial score (nSPS) is 10.7. The summed E-state index contributed by atoms with van der Waals surface area (Å²) in [6.45, 7) is 5.22. The van der Waals surface area contributed by atoms with Crippen molar-refractivity contribution in [3.05, 3.63) is 77.1 Å². The van der Waals surface area contributed by atoms with E-state index in [2.05, 4.69) is 27.6 Å². The number of aryl methyl sites for hydroxylation is 2. The minimum atomic E-state index is -0.00910. The van der Waals surface area contributed by atoms with Crippen LogP contribution in [0.25, 0.3) is 0 Å². The Kier molecular flexibility index (Phi) is 6.07. The molecular formula is C20H22N4OS. The second kappa shape index (κ2) is 8.67. The number of carbonyl (C=O) groups excluding carboxylic acids is 1. The van der Waals surface area contributed by atoms with Crippen LogP contribution in [0.1, 0.15) is 22.5 Å². The van der Waals surface area contributed by atoms with Crippen LogP contribution in [0.5, 0.6) is 0 Å². The number of amides is 1. The molecule has 3 aromatic rings. The molecule has 26 heavy (non-hydrogen) atoms. The van der Waals surface area contributed by atoms with Gasteiger partial charge in [-0.25, -0.2) is 0 Å². The highest BCUT2D eigenvalue weighted by atomic mass is 32.2. The van der Waals surface area contributed by atoms with Gasteiger partial charge in [0.15, 0.2) is 5.16 Å². The smallest absolute Gasteiger partial charge is 0.230 e.